The highest BCUT2D eigenvalue weighted by Crippen LogP contribution is 2.41. The molecule has 0 radical (unpaired) electrons. The van der Waals surface area contributed by atoms with Gasteiger partial charge in [-0.05, 0) is 132 Å². The van der Waals surface area contributed by atoms with Crippen LogP contribution in [-0.4, -0.2) is 17.3 Å². The molecule has 1 atom stereocenters. The van der Waals surface area contributed by atoms with E-state index in [0.29, 0.717) is 11.8 Å². The Balaban J connectivity index is 0.000000344. The lowest BCUT2D eigenvalue weighted by atomic mass is 9.69. The number of ketones is 3. The van der Waals surface area contributed by atoms with Crippen LogP contribution in [-0.2, 0) is 14.4 Å². The zero-order valence-electron chi connectivity index (χ0n) is 28.6. The Bertz CT molecular complexity index is 1200. The van der Waals surface area contributed by atoms with E-state index >= 15 is 0 Å². The van der Waals surface area contributed by atoms with Crippen molar-refractivity contribution in [2.75, 3.05) is 0 Å². The van der Waals surface area contributed by atoms with Gasteiger partial charge < -0.3 is 5.73 Å². The molecule has 3 saturated carbocycles. The summed E-state index contributed by atoms with van der Waals surface area (Å²) in [6.07, 6.45) is 24.0. The first-order chi connectivity index (χ1) is 20.2. The minimum atomic E-state index is 0.168. The van der Waals surface area contributed by atoms with Crippen LogP contribution in [0.2, 0.25) is 0 Å². The van der Waals surface area contributed by atoms with Gasteiger partial charge in [0.2, 0.25) is 0 Å². The molecule has 2 N–H and O–H groups in total. The van der Waals surface area contributed by atoms with Crippen LogP contribution in [0, 0.1) is 17.3 Å². The molecule has 0 amide bonds. The van der Waals surface area contributed by atoms with Crippen LogP contribution in [0.15, 0.2) is 93.8 Å². The molecule has 0 aliphatic heterocycles. The molecular formula is C39H57NO3. The molecule has 0 bridgehead atoms. The first-order valence-electron chi connectivity index (χ1n) is 15.9. The number of carbonyl (C=O) groups excluding carboxylic acids is 3. The largest absolute Gasteiger partial charge is 0.402 e. The van der Waals surface area contributed by atoms with E-state index in [2.05, 4.69) is 27.7 Å². The minimum absolute atomic E-state index is 0.168. The summed E-state index contributed by atoms with van der Waals surface area (Å²) in [4.78, 5) is 35.5. The fourth-order valence-electron chi connectivity index (χ4n) is 5.50. The Morgan fingerprint density at radius 1 is 0.674 bits per heavy atom. The molecule has 0 saturated heterocycles. The van der Waals surface area contributed by atoms with Crippen LogP contribution in [0.4, 0.5) is 0 Å². The van der Waals surface area contributed by atoms with Crippen molar-refractivity contribution in [3.63, 3.8) is 0 Å². The molecule has 1 unspecified atom stereocenters. The number of rotatable bonds is 2. The number of hydrogen-bond donors (Lipinski definition) is 1. The molecule has 3 rings (SSSR count). The van der Waals surface area contributed by atoms with E-state index in [9.17, 15) is 14.4 Å². The molecule has 3 aliphatic rings. The van der Waals surface area contributed by atoms with E-state index in [1.54, 1.807) is 0 Å². The first kappa shape index (κ1) is 37.8. The van der Waals surface area contributed by atoms with E-state index in [4.69, 9.17) is 5.73 Å². The fraction of sp³-hybridized carbons (Fsp3) is 0.513. The number of allylic oxidation sites excluding steroid dienone is 16. The number of Topliss-reactive ketones (excluding diaryl/α,β-unsaturated/α-hetero) is 3. The topological polar surface area (TPSA) is 77.2 Å². The van der Waals surface area contributed by atoms with Crippen molar-refractivity contribution in [1.29, 1.82) is 0 Å². The molecule has 236 valence electrons. The summed E-state index contributed by atoms with van der Waals surface area (Å²) in [5.41, 5.74) is 12.3. The van der Waals surface area contributed by atoms with Crippen LogP contribution in [0.5, 0.6) is 0 Å². The highest BCUT2D eigenvalue weighted by molar-refractivity contribution is 6.10. The summed E-state index contributed by atoms with van der Waals surface area (Å²) in [7, 11) is 0. The highest BCUT2D eigenvalue weighted by Gasteiger charge is 2.34. The van der Waals surface area contributed by atoms with Gasteiger partial charge in [0.1, 0.15) is 0 Å². The van der Waals surface area contributed by atoms with Crippen molar-refractivity contribution in [2.24, 2.45) is 23.0 Å². The summed E-state index contributed by atoms with van der Waals surface area (Å²) in [5, 5.41) is 0. The molecule has 0 spiro atoms. The third-order valence-corrected chi connectivity index (χ3v) is 8.37. The van der Waals surface area contributed by atoms with Crippen LogP contribution in [0.1, 0.15) is 114 Å². The van der Waals surface area contributed by atoms with Gasteiger partial charge in [0.25, 0.3) is 0 Å². The molecule has 4 heteroatoms. The molecule has 0 aromatic carbocycles. The Morgan fingerprint density at radius 2 is 1.09 bits per heavy atom. The second-order valence-corrected chi connectivity index (χ2v) is 12.9. The smallest absolute Gasteiger partial charge is 0.185 e. The molecule has 3 fully saturated rings. The van der Waals surface area contributed by atoms with Gasteiger partial charge in [-0.25, -0.2) is 0 Å². The first-order valence-corrected chi connectivity index (χ1v) is 15.9. The Kier molecular flexibility index (Phi) is 16.2. The maximum Gasteiger partial charge on any atom is 0.185 e. The summed E-state index contributed by atoms with van der Waals surface area (Å²) in [6.45, 7) is 20.5. The van der Waals surface area contributed by atoms with Gasteiger partial charge in [0, 0.05) is 16.8 Å². The predicted molar refractivity (Wildman–Crippen MR) is 183 cm³/mol. The van der Waals surface area contributed by atoms with E-state index in [-0.39, 0.29) is 22.8 Å². The average molecular weight is 588 g/mol. The van der Waals surface area contributed by atoms with Gasteiger partial charge in [0.15, 0.2) is 17.3 Å². The van der Waals surface area contributed by atoms with Gasteiger partial charge in [-0.1, -0.05) is 76.3 Å². The van der Waals surface area contributed by atoms with Gasteiger partial charge in [-0.3, -0.25) is 14.4 Å². The number of nitrogens with two attached hydrogens (primary N) is 1. The Labute approximate surface area is 262 Å². The molecule has 0 aromatic rings. The quantitative estimate of drug-likeness (QED) is 0.326. The molecule has 0 aromatic heterocycles. The van der Waals surface area contributed by atoms with Crippen LogP contribution < -0.4 is 5.73 Å². The summed E-state index contributed by atoms with van der Waals surface area (Å²) >= 11 is 0. The van der Waals surface area contributed by atoms with Crippen LogP contribution in [0.3, 0.4) is 0 Å². The predicted octanol–water partition coefficient (Wildman–Crippen LogP) is 9.81. The highest BCUT2D eigenvalue weighted by atomic mass is 16.1. The third-order valence-electron chi connectivity index (χ3n) is 8.37. The maximum absolute atomic E-state index is 12.5. The van der Waals surface area contributed by atoms with Crippen molar-refractivity contribution in [1.82, 2.24) is 0 Å². The molecule has 0 heterocycles. The third kappa shape index (κ3) is 12.1. The summed E-state index contributed by atoms with van der Waals surface area (Å²) < 4.78 is 0. The van der Waals surface area contributed by atoms with Crippen molar-refractivity contribution in [3.8, 4) is 0 Å². The normalized spacial score (nSPS) is 27.7. The van der Waals surface area contributed by atoms with Crippen molar-refractivity contribution in [3.05, 3.63) is 93.8 Å². The second kappa shape index (κ2) is 18.4. The Morgan fingerprint density at radius 3 is 1.49 bits per heavy atom. The van der Waals surface area contributed by atoms with E-state index in [1.165, 1.54) is 0 Å². The average Bonchev–Trinajstić information content (AvgIpc) is 2.97. The molecule has 3 aliphatic carbocycles. The number of hydrogen-bond acceptors (Lipinski definition) is 4. The van der Waals surface area contributed by atoms with E-state index in [0.717, 1.165) is 84.1 Å². The van der Waals surface area contributed by atoms with Gasteiger partial charge in [0.05, 0.1) is 0 Å². The number of carbonyl (C=O) groups is 3. The molecule has 43 heavy (non-hydrogen) atoms. The van der Waals surface area contributed by atoms with Crippen LogP contribution in [0.25, 0.3) is 0 Å². The standard InChI is InChI=1S/C18H27NO.C11H16O.C10H14O/c1-6-7-8-14-11-16(18(3,4)5)12-15(17(14)20)10-9-13(2)19;1-4-9-6-8(3)7-10(5-2)11(9)12;1-3-8-6-5-7-9(4-2)10(8)11/h6-10,16H,11-12,19H2,1-5H3;4-5,8H,6-7H2,1-3H3;3-4H,5-7H2,1-2H3/b7-6?,13-9?,14-8+,15-10+;9-4+,10-5+;8-3+,9-4+. The molecular weight excluding hydrogens is 530 g/mol. The maximum atomic E-state index is 12.5. The molecule has 4 nitrogen and oxygen atoms in total. The SMILES string of the molecule is C/C=C1\CC(C)C/C(=C\C)C1=O.C/C=C1\CCC/C(=C\C)C1=O.CC=C/C=C1\CC(C(C)(C)C)C/C(=C\C=C(C)N)C1=O. The zero-order chi connectivity index (χ0) is 32.7. The zero-order valence-corrected chi connectivity index (χ0v) is 28.6. The second-order valence-electron chi connectivity index (χ2n) is 12.9. The van der Waals surface area contributed by atoms with Crippen molar-refractivity contribution in [2.45, 2.75) is 114 Å². The van der Waals surface area contributed by atoms with Gasteiger partial charge in [-0.2, -0.15) is 0 Å². The summed E-state index contributed by atoms with van der Waals surface area (Å²) in [6, 6.07) is 0. The van der Waals surface area contributed by atoms with Crippen molar-refractivity contribution < 1.29 is 14.4 Å². The van der Waals surface area contributed by atoms with Crippen LogP contribution >= 0.6 is 0 Å². The Hall–Kier alpha value is -3.27. The van der Waals surface area contributed by atoms with E-state index < -0.39 is 0 Å². The van der Waals surface area contributed by atoms with E-state index in [1.807, 2.05) is 96.2 Å². The lowest BCUT2D eigenvalue weighted by molar-refractivity contribution is -0.114. The minimum Gasteiger partial charge on any atom is -0.402 e. The fourth-order valence-corrected chi connectivity index (χ4v) is 5.50. The van der Waals surface area contributed by atoms with Crippen molar-refractivity contribution >= 4 is 17.3 Å². The lowest BCUT2D eigenvalue weighted by Crippen LogP contribution is -2.29. The monoisotopic (exact) mass is 587 g/mol. The van der Waals surface area contributed by atoms with Gasteiger partial charge in [-0.15, -0.1) is 0 Å². The lowest BCUT2D eigenvalue weighted by Gasteiger charge is -2.35. The van der Waals surface area contributed by atoms with Gasteiger partial charge >= 0.3 is 0 Å². The summed E-state index contributed by atoms with van der Waals surface area (Å²) in [5.74, 6) is 1.80.